The average Bonchev–Trinajstić information content (AvgIpc) is 3.10. The van der Waals surface area contributed by atoms with Gasteiger partial charge in [-0.1, -0.05) is 24.3 Å². The smallest absolute Gasteiger partial charge is 0.245 e. The van der Waals surface area contributed by atoms with Crippen molar-refractivity contribution >= 4 is 33.7 Å². The Labute approximate surface area is 132 Å². The number of rotatable bonds is 3. The van der Waals surface area contributed by atoms with Crippen LogP contribution in [0.5, 0.6) is 0 Å². The van der Waals surface area contributed by atoms with Crippen LogP contribution in [-0.2, 0) is 18.4 Å². The highest BCUT2D eigenvalue weighted by molar-refractivity contribution is 6.00. The molecule has 2 aromatic carbocycles. The molecule has 2 aromatic heterocycles. The van der Waals surface area contributed by atoms with Crippen LogP contribution in [0.2, 0.25) is 0 Å². The summed E-state index contributed by atoms with van der Waals surface area (Å²) < 4.78 is 3.59. The van der Waals surface area contributed by atoms with Gasteiger partial charge in [0.05, 0.1) is 22.9 Å². The topological polar surface area (TPSA) is 64.7 Å². The van der Waals surface area contributed by atoms with Gasteiger partial charge in [0.25, 0.3) is 0 Å². The van der Waals surface area contributed by atoms with E-state index in [0.29, 0.717) is 5.82 Å². The number of carbonyl (C=O) groups is 1. The molecular formula is C17H15N5O. The number of nitrogens with one attached hydrogen (secondary N) is 1. The highest BCUT2D eigenvalue weighted by Crippen LogP contribution is 2.21. The average molecular weight is 305 g/mol. The highest BCUT2D eigenvalue weighted by atomic mass is 16.2. The molecule has 0 radical (unpaired) electrons. The van der Waals surface area contributed by atoms with Crippen LogP contribution in [0.4, 0.5) is 5.82 Å². The molecule has 0 bridgehead atoms. The highest BCUT2D eigenvalue weighted by Gasteiger charge is 2.12. The summed E-state index contributed by atoms with van der Waals surface area (Å²) in [5.41, 5.74) is 2.80. The van der Waals surface area contributed by atoms with E-state index in [0.717, 1.165) is 21.9 Å². The molecule has 0 aliphatic carbocycles. The molecule has 0 saturated carbocycles. The molecule has 6 heteroatoms. The molecule has 4 rings (SSSR count). The maximum absolute atomic E-state index is 12.4. The number of para-hydroxylation sites is 3. The second-order valence-electron chi connectivity index (χ2n) is 5.40. The molecule has 1 amide bonds. The summed E-state index contributed by atoms with van der Waals surface area (Å²) in [6.07, 6.45) is 1.68. The van der Waals surface area contributed by atoms with Crippen LogP contribution < -0.4 is 5.32 Å². The Balaban J connectivity index is 1.60. The molecule has 0 unspecified atom stereocenters. The predicted octanol–water partition coefficient (Wildman–Crippen LogP) is 2.56. The number of hydrogen-bond acceptors (Lipinski definition) is 3. The van der Waals surface area contributed by atoms with Gasteiger partial charge in [0.15, 0.2) is 5.82 Å². The first-order chi connectivity index (χ1) is 11.2. The quantitative estimate of drug-likeness (QED) is 0.632. The first-order valence-electron chi connectivity index (χ1n) is 7.34. The predicted molar refractivity (Wildman–Crippen MR) is 89.1 cm³/mol. The van der Waals surface area contributed by atoms with Crippen molar-refractivity contribution in [3.63, 3.8) is 0 Å². The van der Waals surface area contributed by atoms with Crippen molar-refractivity contribution in [1.82, 2.24) is 19.3 Å². The Morgan fingerprint density at radius 3 is 2.70 bits per heavy atom. The van der Waals surface area contributed by atoms with Gasteiger partial charge in [0.2, 0.25) is 5.91 Å². The van der Waals surface area contributed by atoms with Gasteiger partial charge in [-0.2, -0.15) is 5.10 Å². The zero-order valence-corrected chi connectivity index (χ0v) is 12.6. The third-order valence-corrected chi connectivity index (χ3v) is 3.86. The van der Waals surface area contributed by atoms with Crippen LogP contribution in [-0.4, -0.2) is 25.2 Å². The second-order valence-corrected chi connectivity index (χ2v) is 5.40. The van der Waals surface area contributed by atoms with Gasteiger partial charge >= 0.3 is 0 Å². The molecular weight excluding hydrogens is 290 g/mol. The van der Waals surface area contributed by atoms with Gasteiger partial charge in [-0.15, -0.1) is 0 Å². The molecule has 0 aliphatic heterocycles. The molecule has 1 N–H and O–H groups in total. The van der Waals surface area contributed by atoms with E-state index in [4.69, 9.17) is 0 Å². The van der Waals surface area contributed by atoms with E-state index >= 15 is 0 Å². The number of aryl methyl sites for hydroxylation is 1. The minimum absolute atomic E-state index is 0.128. The summed E-state index contributed by atoms with van der Waals surface area (Å²) >= 11 is 0. The Kier molecular flexibility index (Phi) is 3.08. The van der Waals surface area contributed by atoms with Gasteiger partial charge in [-0.25, -0.2) is 4.98 Å². The summed E-state index contributed by atoms with van der Waals surface area (Å²) in [5.74, 6) is 0.453. The van der Waals surface area contributed by atoms with E-state index in [2.05, 4.69) is 15.4 Å². The zero-order valence-electron chi connectivity index (χ0n) is 12.6. The maximum Gasteiger partial charge on any atom is 0.245 e. The van der Waals surface area contributed by atoms with Gasteiger partial charge in [0, 0.05) is 12.4 Å². The van der Waals surface area contributed by atoms with Gasteiger partial charge in [-0.3, -0.25) is 9.48 Å². The van der Waals surface area contributed by atoms with Gasteiger partial charge < -0.3 is 9.88 Å². The minimum atomic E-state index is -0.128. The molecule has 0 atom stereocenters. The maximum atomic E-state index is 12.4. The fraction of sp³-hybridized carbons (Fsp3) is 0.118. The minimum Gasteiger partial charge on any atom is -0.321 e. The number of nitrogens with zero attached hydrogens (tertiary/aromatic N) is 4. The largest absolute Gasteiger partial charge is 0.321 e. The Bertz CT molecular complexity index is 1010. The SMILES string of the molecule is Cn1nc(NC(=O)Cn2cnc3ccccc32)c2ccccc21. The van der Waals surface area contributed by atoms with Crippen molar-refractivity contribution in [2.45, 2.75) is 6.54 Å². The normalized spacial score (nSPS) is 11.2. The number of imidazole rings is 1. The lowest BCUT2D eigenvalue weighted by molar-refractivity contribution is -0.116. The molecule has 23 heavy (non-hydrogen) atoms. The lowest BCUT2D eigenvalue weighted by Crippen LogP contribution is -2.18. The third-order valence-electron chi connectivity index (χ3n) is 3.86. The van der Waals surface area contributed by atoms with E-state index in [-0.39, 0.29) is 12.5 Å². The molecule has 0 aliphatic rings. The van der Waals surface area contributed by atoms with Crippen molar-refractivity contribution in [3.8, 4) is 0 Å². The Morgan fingerprint density at radius 2 is 1.83 bits per heavy atom. The first-order valence-corrected chi connectivity index (χ1v) is 7.34. The zero-order chi connectivity index (χ0) is 15.8. The molecule has 0 spiro atoms. The van der Waals surface area contributed by atoms with E-state index in [9.17, 15) is 4.79 Å². The first kappa shape index (κ1) is 13.5. The number of benzene rings is 2. The fourth-order valence-electron chi connectivity index (χ4n) is 2.77. The van der Waals surface area contributed by atoms with E-state index in [1.165, 1.54) is 0 Å². The van der Waals surface area contributed by atoms with Crippen LogP contribution in [0, 0.1) is 0 Å². The summed E-state index contributed by atoms with van der Waals surface area (Å²) in [6, 6.07) is 15.6. The summed E-state index contributed by atoms with van der Waals surface area (Å²) in [5, 5.41) is 8.20. The van der Waals surface area contributed by atoms with Crippen molar-refractivity contribution in [3.05, 3.63) is 54.9 Å². The fourth-order valence-corrected chi connectivity index (χ4v) is 2.77. The van der Waals surface area contributed by atoms with Crippen LogP contribution >= 0.6 is 0 Å². The van der Waals surface area contributed by atoms with Gasteiger partial charge in [0.1, 0.15) is 6.54 Å². The van der Waals surface area contributed by atoms with E-state index < -0.39 is 0 Å². The number of anilines is 1. The molecule has 114 valence electrons. The lowest BCUT2D eigenvalue weighted by Gasteiger charge is -2.05. The van der Waals surface area contributed by atoms with Crippen molar-refractivity contribution in [1.29, 1.82) is 0 Å². The van der Waals surface area contributed by atoms with Crippen LogP contribution in [0.15, 0.2) is 54.9 Å². The van der Waals surface area contributed by atoms with Crippen molar-refractivity contribution in [2.24, 2.45) is 7.05 Å². The molecule has 0 saturated heterocycles. The third kappa shape index (κ3) is 2.34. The number of aromatic nitrogens is 4. The van der Waals surface area contributed by atoms with Crippen molar-refractivity contribution in [2.75, 3.05) is 5.32 Å². The van der Waals surface area contributed by atoms with Crippen molar-refractivity contribution < 1.29 is 4.79 Å². The Hall–Kier alpha value is -3.15. The Morgan fingerprint density at radius 1 is 1.09 bits per heavy atom. The lowest BCUT2D eigenvalue weighted by atomic mass is 10.2. The van der Waals surface area contributed by atoms with Crippen LogP contribution in [0.3, 0.4) is 0 Å². The monoisotopic (exact) mass is 305 g/mol. The van der Waals surface area contributed by atoms with Crippen LogP contribution in [0.25, 0.3) is 21.9 Å². The van der Waals surface area contributed by atoms with E-state index in [1.54, 1.807) is 11.0 Å². The number of amides is 1. The summed E-state index contributed by atoms with van der Waals surface area (Å²) in [7, 11) is 1.86. The molecule has 4 aromatic rings. The second kappa shape index (κ2) is 5.24. The standard InChI is InChI=1S/C17H15N5O/c1-21-14-8-4-2-6-12(14)17(20-21)19-16(23)10-22-11-18-13-7-3-5-9-15(13)22/h2-9,11H,10H2,1H3,(H,19,20,23). The number of fused-ring (bicyclic) bond motifs is 2. The summed E-state index contributed by atoms with van der Waals surface area (Å²) in [6.45, 7) is 0.200. The molecule has 6 nitrogen and oxygen atoms in total. The van der Waals surface area contributed by atoms with E-state index in [1.807, 2.05) is 60.1 Å². The molecule has 0 fully saturated rings. The number of hydrogen-bond donors (Lipinski definition) is 1. The van der Waals surface area contributed by atoms with Gasteiger partial charge in [-0.05, 0) is 24.3 Å². The summed E-state index contributed by atoms with van der Waals surface area (Å²) in [4.78, 5) is 16.7. The number of carbonyl (C=O) groups excluding carboxylic acids is 1. The molecule has 2 heterocycles. The van der Waals surface area contributed by atoms with Crippen LogP contribution in [0.1, 0.15) is 0 Å².